The maximum Gasteiger partial charge on any atom is 0.395 e. The summed E-state index contributed by atoms with van der Waals surface area (Å²) in [5.74, 6) is -1.30. The quantitative estimate of drug-likeness (QED) is 0.399. The van der Waals surface area contributed by atoms with E-state index in [0.29, 0.717) is 12.1 Å². The van der Waals surface area contributed by atoms with Crippen LogP contribution in [-0.4, -0.2) is 62.9 Å². The van der Waals surface area contributed by atoms with Gasteiger partial charge in [0.25, 0.3) is 0 Å². The molecular formula is C26H30F3N5OS. The van der Waals surface area contributed by atoms with Crippen molar-refractivity contribution in [2.75, 3.05) is 20.6 Å². The summed E-state index contributed by atoms with van der Waals surface area (Å²) in [6, 6.07) is 7.56. The SMILES string of the molecule is Cc1cc(CC2S[C@@]2(CNC(=O)C[C@H](c2cccnc2)C2(C(F)(F)F)CC2)N(C)C)cc2cn[nH]c12. The van der Waals surface area contributed by atoms with E-state index in [1.165, 1.54) is 18.0 Å². The number of nitrogens with zero attached hydrogens (tertiary/aromatic N) is 3. The molecule has 2 aliphatic rings. The van der Waals surface area contributed by atoms with Crippen molar-refractivity contribution >= 4 is 28.6 Å². The summed E-state index contributed by atoms with van der Waals surface area (Å²) in [6.45, 7) is 2.43. The number of alkyl halides is 3. The van der Waals surface area contributed by atoms with Gasteiger partial charge in [0.15, 0.2) is 0 Å². The van der Waals surface area contributed by atoms with Gasteiger partial charge in [-0.25, -0.2) is 0 Å². The molecule has 1 saturated heterocycles. The third kappa shape index (κ3) is 4.49. The van der Waals surface area contributed by atoms with Crippen LogP contribution in [0.25, 0.3) is 10.9 Å². The third-order valence-electron chi connectivity index (χ3n) is 7.81. The van der Waals surface area contributed by atoms with Crippen molar-refractivity contribution in [2.45, 2.75) is 54.8 Å². The zero-order valence-corrected chi connectivity index (χ0v) is 21.3. The number of hydrogen-bond donors (Lipinski definition) is 2. The van der Waals surface area contributed by atoms with Crippen molar-refractivity contribution in [1.82, 2.24) is 25.4 Å². The normalized spacial score (nSPS) is 23.6. The molecular weight excluding hydrogens is 487 g/mol. The number of nitrogens with one attached hydrogen (secondary N) is 2. The van der Waals surface area contributed by atoms with Crippen LogP contribution >= 0.6 is 11.8 Å². The van der Waals surface area contributed by atoms with Crippen LogP contribution in [0.5, 0.6) is 0 Å². The highest BCUT2D eigenvalue weighted by Gasteiger charge is 2.67. The lowest BCUT2D eigenvalue weighted by Crippen LogP contribution is -2.45. The van der Waals surface area contributed by atoms with Gasteiger partial charge in [-0.15, -0.1) is 11.8 Å². The topological polar surface area (TPSA) is 73.9 Å². The van der Waals surface area contributed by atoms with E-state index in [1.807, 2.05) is 20.3 Å². The van der Waals surface area contributed by atoms with Crippen molar-refractivity contribution in [2.24, 2.45) is 5.41 Å². The van der Waals surface area contributed by atoms with E-state index in [9.17, 15) is 18.0 Å². The number of thioether (sulfide) groups is 1. The Hall–Kier alpha value is -2.59. The van der Waals surface area contributed by atoms with Gasteiger partial charge < -0.3 is 5.32 Å². The Bertz CT molecular complexity index is 1260. The molecule has 3 aromatic rings. The minimum absolute atomic E-state index is 0.0450. The molecule has 36 heavy (non-hydrogen) atoms. The summed E-state index contributed by atoms with van der Waals surface area (Å²) in [5, 5.41) is 11.4. The van der Waals surface area contributed by atoms with Gasteiger partial charge in [0.1, 0.15) is 0 Å². The van der Waals surface area contributed by atoms with Crippen LogP contribution in [0.3, 0.4) is 0 Å². The number of aromatic nitrogens is 3. The van der Waals surface area contributed by atoms with Crippen LogP contribution in [0, 0.1) is 12.3 Å². The van der Waals surface area contributed by atoms with E-state index >= 15 is 0 Å². The lowest BCUT2D eigenvalue weighted by Gasteiger charge is -2.30. The zero-order valence-electron chi connectivity index (χ0n) is 20.5. The molecule has 1 aliphatic heterocycles. The first kappa shape index (κ1) is 25.1. The fraction of sp³-hybridized carbons (Fsp3) is 0.500. The molecule has 192 valence electrons. The molecule has 1 amide bonds. The van der Waals surface area contributed by atoms with Crippen molar-refractivity contribution in [3.05, 3.63) is 59.5 Å². The van der Waals surface area contributed by atoms with Crippen LogP contribution in [0.1, 0.15) is 41.9 Å². The molecule has 0 bridgehead atoms. The van der Waals surface area contributed by atoms with Crippen LogP contribution in [0.4, 0.5) is 13.2 Å². The summed E-state index contributed by atoms with van der Waals surface area (Å²) in [5.41, 5.74) is 1.99. The summed E-state index contributed by atoms with van der Waals surface area (Å²) >= 11 is 1.78. The first-order valence-electron chi connectivity index (χ1n) is 12.1. The Labute approximate surface area is 212 Å². The fourth-order valence-electron chi connectivity index (χ4n) is 5.43. The van der Waals surface area contributed by atoms with Gasteiger partial charge in [0.2, 0.25) is 5.91 Å². The molecule has 0 spiro atoms. The van der Waals surface area contributed by atoms with Crippen molar-refractivity contribution in [3.63, 3.8) is 0 Å². The molecule has 1 saturated carbocycles. The minimum Gasteiger partial charge on any atom is -0.353 e. The smallest absolute Gasteiger partial charge is 0.353 e. The number of carbonyl (C=O) groups excluding carboxylic acids is 1. The monoisotopic (exact) mass is 517 g/mol. The largest absolute Gasteiger partial charge is 0.395 e. The Morgan fingerprint density at radius 1 is 1.31 bits per heavy atom. The number of fused-ring (bicyclic) bond motifs is 1. The molecule has 3 heterocycles. The third-order valence-corrected chi connectivity index (χ3v) is 9.60. The number of carbonyl (C=O) groups is 1. The number of likely N-dealkylation sites (N-methyl/N-ethyl adjacent to an activating group) is 1. The van der Waals surface area contributed by atoms with E-state index in [4.69, 9.17) is 0 Å². The van der Waals surface area contributed by atoms with Crippen LogP contribution in [0.2, 0.25) is 0 Å². The number of rotatable bonds is 9. The van der Waals surface area contributed by atoms with Crippen molar-refractivity contribution < 1.29 is 18.0 Å². The van der Waals surface area contributed by atoms with Gasteiger partial charge in [0.05, 0.1) is 22.0 Å². The van der Waals surface area contributed by atoms with Gasteiger partial charge in [-0.3, -0.25) is 19.8 Å². The van der Waals surface area contributed by atoms with Crippen molar-refractivity contribution in [3.8, 4) is 0 Å². The van der Waals surface area contributed by atoms with Crippen LogP contribution in [-0.2, 0) is 11.2 Å². The summed E-state index contributed by atoms with van der Waals surface area (Å²) in [6.07, 6.45) is 1.16. The molecule has 2 fully saturated rings. The van der Waals surface area contributed by atoms with Crippen LogP contribution in [0.15, 0.2) is 42.9 Å². The summed E-state index contributed by atoms with van der Waals surface area (Å²) in [7, 11) is 3.95. The standard InChI is InChI=1S/C26H30F3N5OS/c1-16-9-17(10-19-14-32-33-23(16)19)11-21-25(36-21,34(2)3)15-31-22(35)12-20(18-5-4-8-30-13-18)24(6-7-24)26(27,28)29/h4-5,8-10,13-14,20-21H,6-7,11-12,15H2,1-3H3,(H,31,35)(H,32,33)/t20-,21?,25-/m1/s1. The van der Waals surface area contributed by atoms with Gasteiger partial charge >= 0.3 is 6.18 Å². The van der Waals surface area contributed by atoms with E-state index < -0.39 is 17.5 Å². The maximum absolute atomic E-state index is 14.0. The molecule has 1 unspecified atom stereocenters. The number of halogens is 3. The molecule has 10 heteroatoms. The molecule has 5 rings (SSSR count). The Morgan fingerprint density at radius 3 is 2.72 bits per heavy atom. The Kier molecular flexibility index (Phi) is 6.31. The summed E-state index contributed by atoms with van der Waals surface area (Å²) in [4.78, 5) is 18.8. The van der Waals surface area contributed by atoms with Gasteiger partial charge in [-0.05, 0) is 69.1 Å². The lowest BCUT2D eigenvalue weighted by atomic mass is 9.80. The van der Waals surface area contributed by atoms with Gasteiger partial charge in [0, 0.05) is 41.9 Å². The van der Waals surface area contributed by atoms with Gasteiger partial charge in [-0.2, -0.15) is 18.3 Å². The second kappa shape index (κ2) is 9.06. The molecule has 6 nitrogen and oxygen atoms in total. The van der Waals surface area contributed by atoms with E-state index in [-0.39, 0.29) is 35.3 Å². The van der Waals surface area contributed by atoms with E-state index in [1.54, 1.807) is 23.9 Å². The molecule has 1 aromatic carbocycles. The Morgan fingerprint density at radius 2 is 2.08 bits per heavy atom. The average Bonchev–Trinajstić information content (AvgIpc) is 3.72. The van der Waals surface area contributed by atoms with E-state index in [0.717, 1.165) is 22.9 Å². The summed E-state index contributed by atoms with van der Waals surface area (Å²) < 4.78 is 41.9. The number of aryl methyl sites for hydroxylation is 1. The predicted octanol–water partition coefficient (Wildman–Crippen LogP) is 4.81. The van der Waals surface area contributed by atoms with Gasteiger partial charge in [-0.1, -0.05) is 12.1 Å². The Balaban J connectivity index is 1.26. The fourth-order valence-corrected chi connectivity index (χ4v) is 6.87. The number of pyridine rings is 1. The van der Waals surface area contributed by atoms with E-state index in [2.05, 4.69) is 44.5 Å². The molecule has 2 aromatic heterocycles. The minimum atomic E-state index is -4.36. The second-order valence-corrected chi connectivity index (χ2v) is 11.8. The predicted molar refractivity (Wildman–Crippen MR) is 135 cm³/mol. The molecule has 1 aliphatic carbocycles. The first-order valence-corrected chi connectivity index (χ1v) is 12.9. The molecule has 3 atom stereocenters. The highest BCUT2D eigenvalue weighted by molar-refractivity contribution is 8.08. The first-order chi connectivity index (χ1) is 17.1. The van der Waals surface area contributed by atoms with Crippen molar-refractivity contribution in [1.29, 1.82) is 0 Å². The highest BCUT2D eigenvalue weighted by atomic mass is 32.2. The number of H-pyrrole nitrogens is 1. The number of hydrogen-bond acceptors (Lipinski definition) is 5. The highest BCUT2D eigenvalue weighted by Crippen LogP contribution is 2.66. The number of aromatic amines is 1. The molecule has 0 radical (unpaired) electrons. The number of amides is 1. The number of benzene rings is 1. The lowest BCUT2D eigenvalue weighted by molar-refractivity contribution is -0.194. The maximum atomic E-state index is 14.0. The average molecular weight is 518 g/mol. The zero-order chi connectivity index (χ0) is 25.7. The van der Waals surface area contributed by atoms with Crippen LogP contribution < -0.4 is 5.32 Å². The second-order valence-electron chi connectivity index (χ2n) is 10.3. The molecule has 2 N–H and O–H groups in total.